The fourth-order valence-corrected chi connectivity index (χ4v) is 4.21. The number of piperidine rings is 2. The number of amides is 1. The summed E-state index contributed by atoms with van der Waals surface area (Å²) in [4.78, 5) is 32.6. The van der Waals surface area contributed by atoms with Gasteiger partial charge in [0, 0.05) is 62.5 Å². The van der Waals surface area contributed by atoms with E-state index in [0.717, 1.165) is 57.6 Å². The lowest BCUT2D eigenvalue weighted by Crippen LogP contribution is -2.54. The zero-order valence-corrected chi connectivity index (χ0v) is 14.9. The molecule has 26 heavy (non-hydrogen) atoms. The Kier molecular flexibility index (Phi) is 4.48. The first-order chi connectivity index (χ1) is 12.6. The Bertz CT molecular complexity index is 763. The van der Waals surface area contributed by atoms with E-state index in [4.69, 9.17) is 5.73 Å². The Morgan fingerprint density at radius 1 is 1.31 bits per heavy atom. The Morgan fingerprint density at radius 2 is 2.23 bits per heavy atom. The fourth-order valence-electron chi connectivity index (χ4n) is 4.21. The number of carbonyl (C=O) groups excluding carboxylic acids is 1. The third-order valence-electron chi connectivity index (χ3n) is 5.56. The number of aromatic amines is 1. The van der Waals surface area contributed by atoms with Crippen LogP contribution in [0.2, 0.25) is 0 Å². The first-order valence-electron chi connectivity index (χ1n) is 9.22. The number of anilines is 2. The molecule has 4 rings (SSSR count). The minimum Gasteiger partial charge on any atom is -0.384 e. The number of rotatable bonds is 4. The summed E-state index contributed by atoms with van der Waals surface area (Å²) >= 11 is 0. The van der Waals surface area contributed by atoms with Crippen LogP contribution in [0.3, 0.4) is 0 Å². The molecule has 8 heteroatoms. The number of hydrogen-bond acceptors (Lipinski definition) is 6. The van der Waals surface area contributed by atoms with Crippen molar-refractivity contribution in [3.63, 3.8) is 0 Å². The molecule has 0 saturated carbocycles. The van der Waals surface area contributed by atoms with Crippen LogP contribution in [0.25, 0.3) is 0 Å². The smallest absolute Gasteiger partial charge is 0.227 e. The number of nitrogens with zero attached hydrogens (tertiary/aromatic N) is 5. The molecule has 0 aromatic carbocycles. The summed E-state index contributed by atoms with van der Waals surface area (Å²) < 4.78 is 0. The van der Waals surface area contributed by atoms with Crippen molar-refractivity contribution >= 4 is 17.7 Å². The third-order valence-corrected chi connectivity index (χ3v) is 5.56. The van der Waals surface area contributed by atoms with Crippen LogP contribution in [-0.2, 0) is 11.2 Å². The standard InChI is InChI=1S/C18H25N7O/c19-15-3-7-21-17(23-15)25-8-1-5-18(12-25)6-2-16(26)24(11-18)9-4-14-10-20-13-22-14/h3,7,10,13H,1-2,4-6,8-9,11-12H2,(H,20,22)(H2,19,21,23). The normalized spacial score (nSPS) is 23.6. The number of carbonyl (C=O) groups is 1. The molecule has 2 aromatic heterocycles. The molecular formula is C18H25N7O. The molecule has 138 valence electrons. The summed E-state index contributed by atoms with van der Waals surface area (Å²) in [6.07, 6.45) is 9.80. The summed E-state index contributed by atoms with van der Waals surface area (Å²) in [6, 6.07) is 1.71. The van der Waals surface area contributed by atoms with E-state index in [1.807, 2.05) is 11.1 Å². The van der Waals surface area contributed by atoms with Gasteiger partial charge in [0.05, 0.1) is 6.33 Å². The molecule has 2 fully saturated rings. The predicted molar refractivity (Wildman–Crippen MR) is 98.4 cm³/mol. The highest BCUT2D eigenvalue weighted by Crippen LogP contribution is 2.39. The Labute approximate surface area is 152 Å². The second-order valence-corrected chi connectivity index (χ2v) is 7.45. The second-order valence-electron chi connectivity index (χ2n) is 7.45. The molecular weight excluding hydrogens is 330 g/mol. The van der Waals surface area contributed by atoms with Crippen LogP contribution in [0.5, 0.6) is 0 Å². The van der Waals surface area contributed by atoms with Gasteiger partial charge in [0.2, 0.25) is 11.9 Å². The lowest BCUT2D eigenvalue weighted by Gasteiger charge is -2.48. The molecule has 8 nitrogen and oxygen atoms in total. The van der Waals surface area contributed by atoms with Crippen molar-refractivity contribution in [1.29, 1.82) is 0 Å². The molecule has 2 aliphatic heterocycles. The van der Waals surface area contributed by atoms with Gasteiger partial charge in [-0.3, -0.25) is 4.79 Å². The molecule has 4 heterocycles. The van der Waals surface area contributed by atoms with Gasteiger partial charge in [0.15, 0.2) is 0 Å². The van der Waals surface area contributed by atoms with Gasteiger partial charge >= 0.3 is 0 Å². The first kappa shape index (κ1) is 16.8. The van der Waals surface area contributed by atoms with Gasteiger partial charge in [-0.15, -0.1) is 0 Å². The zero-order chi connectivity index (χ0) is 18.0. The van der Waals surface area contributed by atoms with E-state index in [1.165, 1.54) is 0 Å². The molecule has 1 unspecified atom stereocenters. The molecule has 3 N–H and O–H groups in total. The number of aromatic nitrogens is 4. The summed E-state index contributed by atoms with van der Waals surface area (Å²) in [6.45, 7) is 3.36. The highest BCUT2D eigenvalue weighted by molar-refractivity contribution is 5.77. The van der Waals surface area contributed by atoms with Crippen molar-refractivity contribution < 1.29 is 4.79 Å². The second kappa shape index (κ2) is 6.93. The first-order valence-corrected chi connectivity index (χ1v) is 9.22. The van der Waals surface area contributed by atoms with Crippen molar-refractivity contribution in [2.24, 2.45) is 5.41 Å². The van der Waals surface area contributed by atoms with E-state index < -0.39 is 0 Å². The number of nitrogens with two attached hydrogens (primary N) is 1. The molecule has 0 radical (unpaired) electrons. The van der Waals surface area contributed by atoms with Gasteiger partial charge in [-0.05, 0) is 25.3 Å². The quantitative estimate of drug-likeness (QED) is 0.855. The van der Waals surface area contributed by atoms with Gasteiger partial charge in [-0.25, -0.2) is 9.97 Å². The van der Waals surface area contributed by atoms with Crippen LogP contribution in [0.15, 0.2) is 24.8 Å². The van der Waals surface area contributed by atoms with Crippen LogP contribution in [0.1, 0.15) is 31.4 Å². The average molecular weight is 355 g/mol. The fraction of sp³-hybridized carbons (Fsp3) is 0.556. The summed E-state index contributed by atoms with van der Waals surface area (Å²) in [7, 11) is 0. The van der Waals surface area contributed by atoms with Crippen LogP contribution in [0, 0.1) is 5.41 Å². The van der Waals surface area contributed by atoms with Crippen molar-refractivity contribution in [1.82, 2.24) is 24.8 Å². The molecule has 1 atom stereocenters. The third kappa shape index (κ3) is 3.49. The van der Waals surface area contributed by atoms with Crippen molar-refractivity contribution in [2.45, 2.75) is 32.1 Å². The molecule has 1 spiro atoms. The number of hydrogen-bond donors (Lipinski definition) is 2. The number of imidazole rings is 1. The van der Waals surface area contributed by atoms with E-state index in [2.05, 4.69) is 24.8 Å². The van der Waals surface area contributed by atoms with E-state index in [1.54, 1.807) is 18.6 Å². The molecule has 0 aliphatic carbocycles. The molecule has 2 saturated heterocycles. The monoisotopic (exact) mass is 355 g/mol. The Morgan fingerprint density at radius 3 is 3.04 bits per heavy atom. The number of H-pyrrole nitrogens is 1. The number of nitrogen functional groups attached to an aromatic ring is 1. The molecule has 0 bridgehead atoms. The van der Waals surface area contributed by atoms with Gasteiger partial charge in [-0.1, -0.05) is 0 Å². The van der Waals surface area contributed by atoms with Crippen molar-refractivity contribution in [3.8, 4) is 0 Å². The maximum atomic E-state index is 12.4. The van der Waals surface area contributed by atoms with Crippen LogP contribution in [0.4, 0.5) is 11.8 Å². The predicted octanol–water partition coefficient (Wildman–Crippen LogP) is 1.23. The maximum Gasteiger partial charge on any atom is 0.227 e. The average Bonchev–Trinajstić information content (AvgIpc) is 3.17. The molecule has 2 aromatic rings. The lowest BCUT2D eigenvalue weighted by atomic mass is 9.73. The van der Waals surface area contributed by atoms with E-state index in [-0.39, 0.29) is 11.3 Å². The lowest BCUT2D eigenvalue weighted by molar-refractivity contribution is -0.137. The SMILES string of the molecule is Nc1ccnc(N2CCCC3(CCC(=O)N(CCc4cnc[nH]4)C3)C2)n1. The Balaban J connectivity index is 1.45. The maximum absolute atomic E-state index is 12.4. The minimum atomic E-state index is 0.119. The van der Waals surface area contributed by atoms with E-state index in [0.29, 0.717) is 18.2 Å². The van der Waals surface area contributed by atoms with Crippen LogP contribution in [-0.4, -0.2) is 56.9 Å². The van der Waals surface area contributed by atoms with Crippen molar-refractivity contribution in [2.75, 3.05) is 36.8 Å². The minimum absolute atomic E-state index is 0.119. The summed E-state index contributed by atoms with van der Waals surface area (Å²) in [5.41, 5.74) is 7.01. The molecule has 1 amide bonds. The highest BCUT2D eigenvalue weighted by atomic mass is 16.2. The van der Waals surface area contributed by atoms with Gasteiger partial charge < -0.3 is 20.5 Å². The zero-order valence-electron chi connectivity index (χ0n) is 14.9. The number of nitrogens with one attached hydrogen (secondary N) is 1. The Hall–Kier alpha value is -2.64. The van der Waals surface area contributed by atoms with Crippen LogP contribution < -0.4 is 10.6 Å². The van der Waals surface area contributed by atoms with Crippen molar-refractivity contribution in [3.05, 3.63) is 30.5 Å². The summed E-state index contributed by atoms with van der Waals surface area (Å²) in [5, 5.41) is 0. The van der Waals surface area contributed by atoms with E-state index in [9.17, 15) is 4.79 Å². The van der Waals surface area contributed by atoms with Gasteiger partial charge in [0.1, 0.15) is 5.82 Å². The highest BCUT2D eigenvalue weighted by Gasteiger charge is 2.42. The largest absolute Gasteiger partial charge is 0.384 e. The van der Waals surface area contributed by atoms with Gasteiger partial charge in [-0.2, -0.15) is 4.98 Å². The topological polar surface area (TPSA) is 104 Å². The van der Waals surface area contributed by atoms with E-state index >= 15 is 0 Å². The van der Waals surface area contributed by atoms with Crippen LogP contribution >= 0.6 is 0 Å². The van der Waals surface area contributed by atoms with Gasteiger partial charge in [0.25, 0.3) is 0 Å². The summed E-state index contributed by atoms with van der Waals surface area (Å²) in [5.74, 6) is 1.45. The number of likely N-dealkylation sites (tertiary alicyclic amines) is 1. The molecule has 2 aliphatic rings.